The van der Waals surface area contributed by atoms with Gasteiger partial charge >= 0.3 is 69.2 Å². The van der Waals surface area contributed by atoms with E-state index >= 15 is 0 Å². The van der Waals surface area contributed by atoms with Crippen molar-refractivity contribution >= 4 is 162 Å². The second kappa shape index (κ2) is 56.8. The van der Waals surface area contributed by atoms with E-state index < -0.39 is 39.5 Å². The van der Waals surface area contributed by atoms with Gasteiger partial charge in [-0.1, -0.05) is 283 Å². The van der Waals surface area contributed by atoms with Crippen LogP contribution in [0.1, 0.15) is 294 Å². The van der Waals surface area contributed by atoms with E-state index in [4.69, 9.17) is 36.4 Å². The van der Waals surface area contributed by atoms with E-state index in [9.17, 15) is 0 Å². The predicted octanol–water partition coefficient (Wildman–Crippen LogP) is 32.4. The van der Waals surface area contributed by atoms with E-state index in [1.54, 1.807) is 45.3 Å². The molecule has 0 N–H and O–H groups in total. The summed E-state index contributed by atoms with van der Waals surface area (Å²) in [6.45, 7) is 16.5. The van der Waals surface area contributed by atoms with Gasteiger partial charge in [0.2, 0.25) is 0 Å². The van der Waals surface area contributed by atoms with Crippen LogP contribution in [0, 0.1) is 13.8 Å². The second-order valence-corrected chi connectivity index (χ2v) is 54.5. The number of benzene rings is 2. The molecule has 8 rings (SSSR count). The Hall–Kier alpha value is -1.36. The van der Waals surface area contributed by atoms with Crippen LogP contribution < -0.4 is 18.9 Å². The van der Waals surface area contributed by atoms with E-state index in [2.05, 4.69) is 152 Å². The molecule has 0 atom stereocenters. The Kier molecular flexibility index (Phi) is 50.8. The Morgan fingerprint density at radius 2 is 0.471 bits per heavy atom. The molecule has 8 aromatic rings. The fourth-order valence-corrected chi connectivity index (χ4v) is 18.6. The number of hydrogen-bond acceptors (Lipinski definition) is 14. The molecule has 0 bridgehead atoms. The SMILES string of the molecule is CCCCCCCCCCCCOc1cc(Br)sc1-c1ccc(-c2sc(Br)cc2OCCCCCCCCCCCC)c2nsnc12.CCCCCCCCCCCCOc1cc(C)sc1-c1ccc(-c2sc(C)cc2OCCCCCCCCCCCC)c2nsnc12.[CH3][Sn]([CH3])[CH3].[CH3][Sn]([CH3])[CH3]. The molecule has 0 aliphatic rings. The van der Waals surface area contributed by atoms with Crippen LogP contribution in [0.2, 0.25) is 29.6 Å². The molecular weight excluding hydrogens is 1720 g/mol. The average Bonchev–Trinajstić information content (AvgIpc) is 1.59. The minimum absolute atomic E-state index is 0.543. The first-order chi connectivity index (χ1) is 49.7. The van der Waals surface area contributed by atoms with Crippen LogP contribution in [0.5, 0.6) is 23.0 Å². The van der Waals surface area contributed by atoms with Crippen molar-refractivity contribution in [2.24, 2.45) is 0 Å². The van der Waals surface area contributed by atoms with Gasteiger partial charge in [-0.2, -0.15) is 17.5 Å². The first kappa shape index (κ1) is 91.2. The van der Waals surface area contributed by atoms with E-state index in [1.165, 1.54) is 274 Å². The molecule has 18 heteroatoms. The Balaban J connectivity index is 0.000000332. The van der Waals surface area contributed by atoms with Crippen molar-refractivity contribution in [2.45, 2.75) is 328 Å². The maximum atomic E-state index is 6.40. The van der Waals surface area contributed by atoms with Gasteiger partial charge in [-0.15, -0.1) is 45.3 Å². The van der Waals surface area contributed by atoms with Crippen LogP contribution in [0.3, 0.4) is 0 Å². The third-order valence-electron chi connectivity index (χ3n) is 17.8. The zero-order valence-electron chi connectivity index (χ0n) is 65.4. The van der Waals surface area contributed by atoms with Crippen LogP contribution in [0.15, 0.2) is 56.1 Å². The molecule has 570 valence electrons. The molecule has 6 heterocycles. The summed E-state index contributed by atoms with van der Waals surface area (Å²) in [6.07, 6.45) is 53.1. The molecule has 0 aliphatic heterocycles. The Labute approximate surface area is 676 Å². The Morgan fingerprint density at radius 3 is 0.686 bits per heavy atom. The summed E-state index contributed by atoms with van der Waals surface area (Å²) >= 11 is 15.9. The van der Waals surface area contributed by atoms with Crippen LogP contribution in [0.4, 0.5) is 0 Å². The number of halogens is 2. The summed E-state index contributed by atoms with van der Waals surface area (Å²) in [6, 6.07) is 17.4. The van der Waals surface area contributed by atoms with Crippen molar-refractivity contribution in [2.75, 3.05) is 26.4 Å². The van der Waals surface area contributed by atoms with Crippen LogP contribution >= 0.6 is 101 Å². The molecule has 0 saturated carbocycles. The van der Waals surface area contributed by atoms with Crippen molar-refractivity contribution in [1.29, 1.82) is 0 Å². The Morgan fingerprint density at radius 1 is 0.284 bits per heavy atom. The van der Waals surface area contributed by atoms with Crippen LogP contribution in [-0.4, -0.2) is 83.4 Å². The third kappa shape index (κ3) is 36.4. The first-order valence-corrected chi connectivity index (χ1v) is 63.5. The van der Waals surface area contributed by atoms with Gasteiger partial charge in [0.15, 0.2) is 0 Å². The number of fused-ring (bicyclic) bond motifs is 2. The van der Waals surface area contributed by atoms with Crippen molar-refractivity contribution < 1.29 is 18.9 Å². The van der Waals surface area contributed by atoms with Gasteiger partial charge in [0, 0.05) is 44.1 Å². The fourth-order valence-electron chi connectivity index (χ4n) is 12.4. The second-order valence-electron chi connectivity index (χ2n) is 29.0. The zero-order valence-corrected chi connectivity index (χ0v) is 79.1. The minimum atomic E-state index is -0.543. The molecule has 0 amide bonds. The predicted molar refractivity (Wildman–Crippen MR) is 469 cm³/mol. The summed E-state index contributed by atoms with van der Waals surface area (Å²) in [5.41, 5.74) is 8.18. The van der Waals surface area contributed by atoms with E-state index in [0.717, 1.165) is 137 Å². The molecule has 0 unspecified atom stereocenters. The molecule has 2 radical (unpaired) electrons. The molecule has 102 heavy (non-hydrogen) atoms. The van der Waals surface area contributed by atoms with Crippen molar-refractivity contribution in [3.63, 3.8) is 0 Å². The summed E-state index contributed by atoms with van der Waals surface area (Å²) < 4.78 is 46.8. The summed E-state index contributed by atoms with van der Waals surface area (Å²) in [7, 11) is 0. The molecule has 2 aromatic carbocycles. The fraction of sp³-hybridized carbons (Fsp3) is 0.667. The van der Waals surface area contributed by atoms with Crippen molar-refractivity contribution in [3.8, 4) is 64.8 Å². The third-order valence-corrected chi connectivity index (χ3v) is 24.3. The molecule has 8 nitrogen and oxygen atoms in total. The summed E-state index contributed by atoms with van der Waals surface area (Å²) in [4.78, 5) is 21.2. The molecular formula is C84H132Br2N4O4S6Sn2. The zero-order chi connectivity index (χ0) is 73.4. The van der Waals surface area contributed by atoms with E-state index in [0.29, 0.717) is 0 Å². The van der Waals surface area contributed by atoms with E-state index in [-0.39, 0.29) is 0 Å². The number of aromatic nitrogens is 4. The van der Waals surface area contributed by atoms with Crippen LogP contribution in [0.25, 0.3) is 63.8 Å². The number of thiophene rings is 4. The van der Waals surface area contributed by atoms with Gasteiger partial charge < -0.3 is 18.9 Å². The molecule has 6 aromatic heterocycles. The van der Waals surface area contributed by atoms with Gasteiger partial charge in [0.25, 0.3) is 0 Å². The van der Waals surface area contributed by atoms with Crippen molar-refractivity contribution in [3.05, 3.63) is 65.9 Å². The number of ether oxygens (including phenoxy) is 4. The summed E-state index contributed by atoms with van der Waals surface area (Å²) in [5.74, 6) is 3.83. The van der Waals surface area contributed by atoms with Crippen molar-refractivity contribution in [1.82, 2.24) is 17.5 Å². The number of hydrogen-bond donors (Lipinski definition) is 0. The number of rotatable bonds is 52. The summed E-state index contributed by atoms with van der Waals surface area (Å²) in [5, 5.41) is 0. The quantitative estimate of drug-likeness (QED) is 0.0275. The van der Waals surface area contributed by atoms with Gasteiger partial charge in [-0.25, -0.2) is 0 Å². The average molecular weight is 1850 g/mol. The monoisotopic (exact) mass is 1850 g/mol. The topological polar surface area (TPSA) is 88.5 Å². The van der Waals surface area contributed by atoms with Gasteiger partial charge in [-0.05, 0) is 83.5 Å². The Bertz CT molecular complexity index is 2970. The number of aryl methyl sites for hydroxylation is 2. The molecule has 0 fully saturated rings. The molecule has 0 spiro atoms. The van der Waals surface area contributed by atoms with Crippen LogP contribution in [-0.2, 0) is 0 Å². The number of nitrogens with zero attached hydrogens (tertiary/aromatic N) is 4. The molecule has 0 aliphatic carbocycles. The number of unbranched alkanes of at least 4 members (excludes halogenated alkanes) is 36. The van der Waals surface area contributed by atoms with E-state index in [1.807, 2.05) is 0 Å². The standard InChI is InChI=1S/C40H60N2O2S3.C38H54Br2N2O2S3.6CH3.2Sn/c1-5-7-9-11-13-15-17-19-21-23-27-43-35-29-31(3)45-39(35)33-25-26-34(38-37(33)41-47-42-38)40-36(30-32(4)46-40)44-28-24-22-20-18-16-14-12-10-8-6-2;1-3-5-7-9-11-13-15-17-19-21-25-43-31-27-33(39)45-37(31)29-23-24-30(36-35(29)41-47-42-36)38-32(28-34(40)46-38)44-26-22-20-18-16-14-12-10-8-6-4-2;;;;;;;;/h25-26,29-30H,5-24,27-28H2,1-4H3;23-24,27-28H,3-22,25-26H2,1-2H3;6*1H3;;. The van der Waals surface area contributed by atoms with Gasteiger partial charge in [0.1, 0.15) is 45.1 Å². The first-order valence-electron chi connectivity index (χ1n) is 40.1. The van der Waals surface area contributed by atoms with Gasteiger partial charge in [-0.3, -0.25) is 0 Å². The van der Waals surface area contributed by atoms with Gasteiger partial charge in [0.05, 0.1) is 77.0 Å². The molecule has 0 saturated heterocycles. The normalized spacial score (nSPS) is 11.4. The maximum absolute atomic E-state index is 6.40.